The molecule has 3 nitrogen and oxygen atoms in total. The van der Waals surface area contributed by atoms with Crippen LogP contribution >= 0.6 is 15.9 Å². The number of aryl methyl sites for hydroxylation is 1. The molecule has 2 rings (SSSR count). The minimum Gasteiger partial charge on any atom is -0.494 e. The highest BCUT2D eigenvalue weighted by molar-refractivity contribution is 9.10. The number of hydrogen-bond acceptors (Lipinski definition) is 3. The molecule has 0 spiro atoms. The molecule has 0 bridgehead atoms. The molecule has 1 heterocycles. The highest BCUT2D eigenvalue weighted by Crippen LogP contribution is 2.24. The van der Waals surface area contributed by atoms with Gasteiger partial charge in [-0.05, 0) is 48.0 Å². The maximum absolute atomic E-state index is 5.47. The van der Waals surface area contributed by atoms with Gasteiger partial charge in [-0.1, -0.05) is 12.1 Å². The van der Waals surface area contributed by atoms with E-state index in [1.54, 1.807) is 0 Å². The third kappa shape index (κ3) is 3.03. The van der Waals surface area contributed by atoms with Gasteiger partial charge in [-0.15, -0.1) is 0 Å². The van der Waals surface area contributed by atoms with Gasteiger partial charge < -0.3 is 4.74 Å². The molecule has 0 aliphatic carbocycles. The fourth-order valence-electron chi connectivity index (χ4n) is 1.59. The van der Waals surface area contributed by atoms with Gasteiger partial charge in [0.1, 0.15) is 16.2 Å². The van der Waals surface area contributed by atoms with Gasteiger partial charge >= 0.3 is 0 Å². The third-order valence-electron chi connectivity index (χ3n) is 2.25. The van der Waals surface area contributed by atoms with Gasteiger partial charge in [-0.2, -0.15) is 0 Å². The Labute approximate surface area is 109 Å². The number of aromatic nitrogens is 2. The van der Waals surface area contributed by atoms with Gasteiger partial charge in [0.25, 0.3) is 0 Å². The second-order valence-electron chi connectivity index (χ2n) is 3.58. The van der Waals surface area contributed by atoms with Crippen molar-refractivity contribution in [2.75, 3.05) is 6.61 Å². The predicted molar refractivity (Wildman–Crippen MR) is 71.1 cm³/mol. The lowest BCUT2D eigenvalue weighted by Crippen LogP contribution is -1.94. The summed E-state index contributed by atoms with van der Waals surface area (Å²) in [6.07, 6.45) is 0. The fourth-order valence-corrected chi connectivity index (χ4v) is 2.06. The first-order chi connectivity index (χ1) is 8.19. The van der Waals surface area contributed by atoms with E-state index < -0.39 is 0 Å². The average molecular weight is 293 g/mol. The summed E-state index contributed by atoms with van der Waals surface area (Å²) in [6.45, 7) is 4.51. The monoisotopic (exact) mass is 292 g/mol. The summed E-state index contributed by atoms with van der Waals surface area (Å²) in [4.78, 5) is 8.60. The van der Waals surface area contributed by atoms with E-state index >= 15 is 0 Å². The molecular weight excluding hydrogens is 280 g/mol. The Kier molecular flexibility index (Phi) is 3.74. The second kappa shape index (κ2) is 5.27. The van der Waals surface area contributed by atoms with Crippen LogP contribution in [-0.4, -0.2) is 16.6 Å². The van der Waals surface area contributed by atoms with Gasteiger partial charge in [0.15, 0.2) is 0 Å². The molecule has 2 aromatic rings. The summed E-state index contributed by atoms with van der Waals surface area (Å²) >= 11 is 3.38. The van der Waals surface area contributed by atoms with Crippen LogP contribution in [0.2, 0.25) is 0 Å². The van der Waals surface area contributed by atoms with E-state index in [0.717, 1.165) is 27.4 Å². The molecular formula is C13H13BrN2O. The van der Waals surface area contributed by atoms with Crippen LogP contribution in [0.5, 0.6) is 5.75 Å². The van der Waals surface area contributed by atoms with Crippen LogP contribution in [0.25, 0.3) is 11.3 Å². The largest absolute Gasteiger partial charge is 0.494 e. The number of ether oxygens (including phenoxy) is 1. The Hall–Kier alpha value is -1.42. The highest BCUT2D eigenvalue weighted by Gasteiger charge is 2.04. The molecule has 17 heavy (non-hydrogen) atoms. The molecule has 1 aromatic heterocycles. The van der Waals surface area contributed by atoms with Gasteiger partial charge in [0.2, 0.25) is 0 Å². The Morgan fingerprint density at radius 1 is 1.24 bits per heavy atom. The van der Waals surface area contributed by atoms with Crippen molar-refractivity contribution in [3.05, 3.63) is 40.8 Å². The SMILES string of the molecule is CCOc1cccc(-c2cc(Br)nc(C)n2)c1. The minimum absolute atomic E-state index is 0.663. The lowest BCUT2D eigenvalue weighted by atomic mass is 10.1. The van der Waals surface area contributed by atoms with E-state index in [1.165, 1.54) is 0 Å². The second-order valence-corrected chi connectivity index (χ2v) is 4.40. The van der Waals surface area contributed by atoms with Crippen molar-refractivity contribution in [1.29, 1.82) is 0 Å². The van der Waals surface area contributed by atoms with Crippen molar-refractivity contribution < 1.29 is 4.74 Å². The van der Waals surface area contributed by atoms with Crippen molar-refractivity contribution in [2.45, 2.75) is 13.8 Å². The molecule has 0 saturated carbocycles. The zero-order chi connectivity index (χ0) is 12.3. The van der Waals surface area contributed by atoms with Gasteiger partial charge in [-0.3, -0.25) is 0 Å². The number of hydrogen-bond donors (Lipinski definition) is 0. The molecule has 0 N–H and O–H groups in total. The number of rotatable bonds is 3. The first-order valence-corrected chi connectivity index (χ1v) is 6.23. The van der Waals surface area contributed by atoms with E-state index in [4.69, 9.17) is 4.74 Å². The van der Waals surface area contributed by atoms with Gasteiger partial charge in [0, 0.05) is 5.56 Å². The average Bonchev–Trinajstić information content (AvgIpc) is 2.28. The third-order valence-corrected chi connectivity index (χ3v) is 2.65. The van der Waals surface area contributed by atoms with Crippen LogP contribution in [0.4, 0.5) is 0 Å². The molecule has 0 atom stereocenters. The molecule has 0 aliphatic rings. The zero-order valence-corrected chi connectivity index (χ0v) is 11.4. The van der Waals surface area contributed by atoms with Crippen molar-refractivity contribution in [2.24, 2.45) is 0 Å². The summed E-state index contributed by atoms with van der Waals surface area (Å²) in [5.41, 5.74) is 1.92. The molecule has 0 fully saturated rings. The lowest BCUT2D eigenvalue weighted by molar-refractivity contribution is 0.340. The molecule has 0 radical (unpaired) electrons. The van der Waals surface area contributed by atoms with Gasteiger partial charge in [-0.25, -0.2) is 9.97 Å². The van der Waals surface area contributed by atoms with Crippen LogP contribution in [0, 0.1) is 6.92 Å². The maximum atomic E-state index is 5.47. The smallest absolute Gasteiger partial charge is 0.127 e. The molecule has 88 valence electrons. The van der Waals surface area contributed by atoms with E-state index in [1.807, 2.05) is 44.2 Å². The Morgan fingerprint density at radius 2 is 2.06 bits per heavy atom. The number of benzene rings is 1. The topological polar surface area (TPSA) is 35.0 Å². The van der Waals surface area contributed by atoms with Crippen LogP contribution < -0.4 is 4.74 Å². The van der Waals surface area contributed by atoms with E-state index in [-0.39, 0.29) is 0 Å². The molecule has 1 aromatic carbocycles. The fraction of sp³-hybridized carbons (Fsp3) is 0.231. The van der Waals surface area contributed by atoms with Crippen molar-refractivity contribution in [3.8, 4) is 17.0 Å². The minimum atomic E-state index is 0.663. The quantitative estimate of drug-likeness (QED) is 0.811. The van der Waals surface area contributed by atoms with Crippen molar-refractivity contribution in [3.63, 3.8) is 0 Å². The van der Waals surface area contributed by atoms with Crippen LogP contribution in [0.15, 0.2) is 34.9 Å². The molecule has 0 aliphatic heterocycles. The highest BCUT2D eigenvalue weighted by atomic mass is 79.9. The summed E-state index contributed by atoms with van der Waals surface area (Å²) in [6, 6.07) is 9.80. The standard InChI is InChI=1S/C13H13BrN2O/c1-3-17-11-6-4-5-10(7-11)12-8-13(14)16-9(2)15-12/h4-8H,3H2,1-2H3. The Morgan fingerprint density at radius 3 is 2.76 bits per heavy atom. The summed E-state index contributed by atoms with van der Waals surface area (Å²) in [5.74, 6) is 1.61. The van der Waals surface area contributed by atoms with E-state index in [9.17, 15) is 0 Å². The predicted octanol–water partition coefficient (Wildman–Crippen LogP) is 3.61. The molecule has 0 unspecified atom stereocenters. The summed E-state index contributed by atoms with van der Waals surface area (Å²) in [5, 5.41) is 0. The van der Waals surface area contributed by atoms with Gasteiger partial charge in [0.05, 0.1) is 12.3 Å². The van der Waals surface area contributed by atoms with Crippen LogP contribution in [0.1, 0.15) is 12.7 Å². The maximum Gasteiger partial charge on any atom is 0.127 e. The number of halogens is 1. The molecule has 0 amide bonds. The molecule has 0 saturated heterocycles. The normalized spacial score (nSPS) is 10.3. The first-order valence-electron chi connectivity index (χ1n) is 5.43. The van der Waals surface area contributed by atoms with Crippen molar-refractivity contribution >= 4 is 15.9 Å². The van der Waals surface area contributed by atoms with Crippen LogP contribution in [0.3, 0.4) is 0 Å². The molecule has 4 heteroatoms. The summed E-state index contributed by atoms with van der Waals surface area (Å²) in [7, 11) is 0. The Bertz CT molecular complexity index is 508. The summed E-state index contributed by atoms with van der Waals surface area (Å²) < 4.78 is 6.27. The Balaban J connectivity index is 2.41. The lowest BCUT2D eigenvalue weighted by Gasteiger charge is -2.06. The van der Waals surface area contributed by atoms with Crippen LogP contribution in [-0.2, 0) is 0 Å². The number of nitrogens with zero attached hydrogens (tertiary/aromatic N) is 2. The zero-order valence-electron chi connectivity index (χ0n) is 9.77. The first kappa shape index (κ1) is 12.0. The van der Waals surface area contributed by atoms with E-state index in [2.05, 4.69) is 25.9 Å². The van der Waals surface area contributed by atoms with Crippen molar-refractivity contribution in [1.82, 2.24) is 9.97 Å². The van der Waals surface area contributed by atoms with E-state index in [0.29, 0.717) is 6.61 Å².